The van der Waals surface area contributed by atoms with E-state index < -0.39 is 17.6 Å². The molecule has 1 N–H and O–H groups in total. The number of morpholine rings is 1. The largest absolute Gasteiger partial charge is 0.438 e. The number of benzene rings is 2. The monoisotopic (exact) mass is 562 g/mol. The molecule has 10 heteroatoms. The molecule has 212 valence electrons. The molecule has 5 rings (SSSR count). The van der Waals surface area contributed by atoms with Gasteiger partial charge in [0.25, 0.3) is 5.91 Å². The Labute approximate surface area is 236 Å². The van der Waals surface area contributed by atoms with E-state index in [0.29, 0.717) is 43.6 Å². The second-order valence-electron chi connectivity index (χ2n) is 9.61. The van der Waals surface area contributed by atoms with Crippen LogP contribution in [0.1, 0.15) is 34.1 Å². The van der Waals surface area contributed by atoms with Gasteiger partial charge in [0.05, 0.1) is 30.2 Å². The molecule has 0 bridgehead atoms. The van der Waals surface area contributed by atoms with Crippen molar-refractivity contribution in [1.82, 2.24) is 9.97 Å². The van der Waals surface area contributed by atoms with Gasteiger partial charge in [0, 0.05) is 42.3 Å². The number of anilines is 2. The number of rotatable bonds is 7. The number of carbonyl (C=O) groups is 1. The van der Waals surface area contributed by atoms with Crippen molar-refractivity contribution in [2.24, 2.45) is 0 Å². The second-order valence-corrected chi connectivity index (χ2v) is 9.61. The number of hydrogen-bond acceptors (Lipinski definition) is 6. The molecule has 0 aliphatic carbocycles. The number of aryl methyl sites for hydroxylation is 2. The molecule has 2 aromatic heterocycles. The highest BCUT2D eigenvalue weighted by atomic mass is 19.4. The maximum absolute atomic E-state index is 13.5. The van der Waals surface area contributed by atoms with Crippen molar-refractivity contribution in [3.05, 3.63) is 95.4 Å². The summed E-state index contributed by atoms with van der Waals surface area (Å²) in [5.41, 5.74) is 3.30. The normalized spacial score (nSPS) is 13.6. The van der Waals surface area contributed by atoms with E-state index in [9.17, 15) is 18.0 Å². The van der Waals surface area contributed by atoms with E-state index in [1.54, 1.807) is 30.6 Å². The molecular formula is C31H29F3N4O3. The van der Waals surface area contributed by atoms with Gasteiger partial charge in [0.15, 0.2) is 0 Å². The second kappa shape index (κ2) is 12.0. The zero-order valence-corrected chi connectivity index (χ0v) is 22.7. The van der Waals surface area contributed by atoms with Crippen LogP contribution in [0.4, 0.5) is 24.5 Å². The number of ether oxygens (including phenoxy) is 2. The Balaban J connectivity index is 1.44. The average Bonchev–Trinajstić information content (AvgIpc) is 2.98. The minimum atomic E-state index is -4.55. The fourth-order valence-electron chi connectivity index (χ4n) is 4.57. The smallest absolute Gasteiger partial charge is 0.416 e. The maximum Gasteiger partial charge on any atom is 0.416 e. The van der Waals surface area contributed by atoms with E-state index in [4.69, 9.17) is 9.47 Å². The topological polar surface area (TPSA) is 76.6 Å². The van der Waals surface area contributed by atoms with Crippen molar-refractivity contribution in [2.45, 2.75) is 26.4 Å². The Hall–Kier alpha value is -4.44. The highest BCUT2D eigenvalue weighted by molar-refractivity contribution is 6.06. The van der Waals surface area contributed by atoms with Crippen LogP contribution in [0.15, 0.2) is 73.1 Å². The molecule has 0 unspecified atom stereocenters. The number of nitrogens with zero attached hydrogens (tertiary/aromatic N) is 3. The van der Waals surface area contributed by atoms with Crippen LogP contribution in [0.25, 0.3) is 11.1 Å². The number of amides is 1. The van der Waals surface area contributed by atoms with E-state index >= 15 is 0 Å². The predicted octanol–water partition coefficient (Wildman–Crippen LogP) is 6.91. The molecular weight excluding hydrogens is 533 g/mol. The van der Waals surface area contributed by atoms with Crippen molar-refractivity contribution in [1.29, 1.82) is 0 Å². The van der Waals surface area contributed by atoms with Gasteiger partial charge in [-0.2, -0.15) is 13.2 Å². The van der Waals surface area contributed by atoms with Crippen LogP contribution in [0, 0.1) is 6.92 Å². The Morgan fingerprint density at radius 1 is 1.02 bits per heavy atom. The first-order valence-electron chi connectivity index (χ1n) is 13.3. The number of carbonyl (C=O) groups excluding carboxylic acids is 1. The quantitative estimate of drug-likeness (QED) is 0.264. The van der Waals surface area contributed by atoms with Crippen LogP contribution in [-0.2, 0) is 17.3 Å². The lowest BCUT2D eigenvalue weighted by Gasteiger charge is -2.31. The van der Waals surface area contributed by atoms with Crippen LogP contribution in [0.5, 0.6) is 11.6 Å². The first-order chi connectivity index (χ1) is 19.7. The molecule has 1 amide bonds. The summed E-state index contributed by atoms with van der Waals surface area (Å²) in [5.74, 6) is 0.195. The molecule has 1 fully saturated rings. The fraction of sp³-hybridized carbons (Fsp3) is 0.258. The summed E-state index contributed by atoms with van der Waals surface area (Å²) in [5, 5.41) is 2.70. The summed E-state index contributed by atoms with van der Waals surface area (Å²) in [7, 11) is 0. The van der Waals surface area contributed by atoms with E-state index in [-0.39, 0.29) is 11.3 Å². The van der Waals surface area contributed by atoms with Gasteiger partial charge in [-0.3, -0.25) is 9.78 Å². The van der Waals surface area contributed by atoms with E-state index in [1.165, 1.54) is 6.07 Å². The van der Waals surface area contributed by atoms with Crippen LogP contribution >= 0.6 is 0 Å². The van der Waals surface area contributed by atoms with Crippen LogP contribution in [0.3, 0.4) is 0 Å². The molecule has 2 aromatic carbocycles. The van der Waals surface area contributed by atoms with Gasteiger partial charge in [-0.1, -0.05) is 13.0 Å². The lowest BCUT2D eigenvalue weighted by molar-refractivity contribution is -0.137. The molecule has 4 aromatic rings. The highest BCUT2D eigenvalue weighted by Crippen LogP contribution is 2.37. The van der Waals surface area contributed by atoms with Crippen molar-refractivity contribution in [2.75, 3.05) is 36.5 Å². The van der Waals surface area contributed by atoms with Crippen molar-refractivity contribution >= 4 is 17.3 Å². The summed E-state index contributed by atoms with van der Waals surface area (Å²) in [6, 6.07) is 15.8. The van der Waals surface area contributed by atoms with Gasteiger partial charge in [0.2, 0.25) is 5.88 Å². The minimum Gasteiger partial charge on any atom is -0.438 e. The predicted molar refractivity (Wildman–Crippen MR) is 151 cm³/mol. The van der Waals surface area contributed by atoms with E-state index in [0.717, 1.165) is 40.9 Å². The van der Waals surface area contributed by atoms with Crippen LogP contribution in [0.2, 0.25) is 0 Å². The van der Waals surface area contributed by atoms with Gasteiger partial charge in [0.1, 0.15) is 5.75 Å². The van der Waals surface area contributed by atoms with Crippen LogP contribution in [-0.4, -0.2) is 42.2 Å². The van der Waals surface area contributed by atoms with Gasteiger partial charge >= 0.3 is 6.18 Å². The third-order valence-electron chi connectivity index (χ3n) is 6.84. The number of hydrogen-bond donors (Lipinski definition) is 1. The zero-order chi connectivity index (χ0) is 29.0. The van der Waals surface area contributed by atoms with E-state index in [2.05, 4.69) is 15.3 Å². The molecule has 3 heterocycles. The zero-order valence-electron chi connectivity index (χ0n) is 22.7. The number of aromatic nitrogens is 2. The van der Waals surface area contributed by atoms with E-state index in [1.807, 2.05) is 43.0 Å². The van der Waals surface area contributed by atoms with Gasteiger partial charge in [-0.15, -0.1) is 0 Å². The van der Waals surface area contributed by atoms with Crippen LogP contribution < -0.4 is 15.0 Å². The Kier molecular flexibility index (Phi) is 8.21. The van der Waals surface area contributed by atoms with Gasteiger partial charge in [-0.25, -0.2) is 4.98 Å². The minimum absolute atomic E-state index is 0.0752. The van der Waals surface area contributed by atoms with Gasteiger partial charge < -0.3 is 19.7 Å². The fourth-order valence-corrected chi connectivity index (χ4v) is 4.57. The Morgan fingerprint density at radius 3 is 2.59 bits per heavy atom. The molecule has 7 nitrogen and oxygen atoms in total. The number of alkyl halides is 3. The number of nitrogens with one attached hydrogen (secondary N) is 1. The SMILES string of the molecule is CCc1cc(-c2cccnc2Oc2cc(C(=O)Nc3cc(C(F)(F)F)ccc3N3CCOCC3)ccc2C)ccn1. The van der Waals surface area contributed by atoms with Crippen molar-refractivity contribution in [3.63, 3.8) is 0 Å². The molecule has 0 spiro atoms. The summed E-state index contributed by atoms with van der Waals surface area (Å²) >= 11 is 0. The molecule has 1 aliphatic rings. The maximum atomic E-state index is 13.5. The highest BCUT2D eigenvalue weighted by Gasteiger charge is 2.32. The summed E-state index contributed by atoms with van der Waals surface area (Å²) in [6.45, 7) is 5.75. The summed E-state index contributed by atoms with van der Waals surface area (Å²) < 4.78 is 52.2. The lowest BCUT2D eigenvalue weighted by Crippen LogP contribution is -2.36. The number of pyridine rings is 2. The molecule has 41 heavy (non-hydrogen) atoms. The molecule has 1 saturated heterocycles. The standard InChI is InChI=1S/C31H29F3N4O3/c1-3-24-17-21(10-12-35-24)25-5-4-11-36-30(25)41-28-18-22(7-6-20(28)2)29(39)37-26-19-23(31(32,33)34)8-9-27(26)38-13-15-40-16-14-38/h4-12,17-19H,3,13-16H2,1-2H3,(H,37,39). The molecule has 0 atom stereocenters. The average molecular weight is 563 g/mol. The Bertz CT molecular complexity index is 1550. The Morgan fingerprint density at radius 2 is 1.83 bits per heavy atom. The van der Waals surface area contributed by atoms with Crippen molar-refractivity contribution in [3.8, 4) is 22.8 Å². The number of halogens is 3. The molecule has 1 aliphatic heterocycles. The summed E-state index contributed by atoms with van der Waals surface area (Å²) in [6.07, 6.45) is -0.422. The lowest BCUT2D eigenvalue weighted by atomic mass is 10.1. The molecule has 0 radical (unpaired) electrons. The molecule has 0 saturated carbocycles. The first kappa shape index (κ1) is 28.1. The van der Waals surface area contributed by atoms with Crippen molar-refractivity contribution < 1.29 is 27.4 Å². The summed E-state index contributed by atoms with van der Waals surface area (Å²) in [4.78, 5) is 24.0. The third kappa shape index (κ3) is 6.49. The first-order valence-corrected chi connectivity index (χ1v) is 13.3. The van der Waals surface area contributed by atoms with Gasteiger partial charge in [-0.05, 0) is 79.1 Å². The third-order valence-corrected chi connectivity index (χ3v) is 6.84.